The van der Waals surface area contributed by atoms with Gasteiger partial charge in [-0.3, -0.25) is 0 Å². The molecule has 0 spiro atoms. The normalized spacial score (nSPS) is 17.3. The monoisotopic (exact) mass is 336 g/mol. The van der Waals surface area contributed by atoms with Gasteiger partial charge in [0, 0.05) is 11.4 Å². The van der Waals surface area contributed by atoms with Crippen LogP contribution in [-0.2, 0) is 9.53 Å². The smallest absolute Gasteiger partial charge is 0.338 e. The van der Waals surface area contributed by atoms with Gasteiger partial charge >= 0.3 is 12.0 Å². The van der Waals surface area contributed by atoms with Crippen LogP contribution >= 0.6 is 11.8 Å². The maximum absolute atomic E-state index is 12.4. The molecule has 0 saturated heterocycles. The Kier molecular flexibility index (Phi) is 5.92. The van der Waals surface area contributed by atoms with E-state index in [0.29, 0.717) is 23.6 Å². The molecule has 1 aliphatic heterocycles. The van der Waals surface area contributed by atoms with Crippen LogP contribution in [0.15, 0.2) is 35.5 Å². The minimum atomic E-state index is -0.545. The van der Waals surface area contributed by atoms with Crippen molar-refractivity contribution in [2.45, 2.75) is 13.0 Å². The quantitative estimate of drug-likeness (QED) is 0.615. The topological polar surface area (TPSA) is 76.7 Å². The Balaban J connectivity index is 2.27. The van der Waals surface area contributed by atoms with E-state index in [1.807, 2.05) is 18.4 Å². The number of hydrogen-bond acceptors (Lipinski definition) is 5. The molecule has 7 heteroatoms. The minimum Gasteiger partial charge on any atom is -0.497 e. The zero-order chi connectivity index (χ0) is 16.8. The fraction of sp³-hybridized carbons (Fsp3) is 0.375. The lowest BCUT2D eigenvalue weighted by molar-refractivity contribution is -0.138. The maximum atomic E-state index is 12.4. The third kappa shape index (κ3) is 4.19. The predicted octanol–water partition coefficient (Wildman–Crippen LogP) is 2.23. The molecule has 1 atom stereocenters. The third-order valence-corrected chi connectivity index (χ3v) is 4.03. The van der Waals surface area contributed by atoms with E-state index in [0.717, 1.165) is 11.3 Å². The van der Waals surface area contributed by atoms with E-state index < -0.39 is 12.0 Å². The van der Waals surface area contributed by atoms with Crippen LogP contribution < -0.4 is 15.4 Å². The van der Waals surface area contributed by atoms with Gasteiger partial charge in [-0.2, -0.15) is 11.8 Å². The van der Waals surface area contributed by atoms with Crippen molar-refractivity contribution in [2.24, 2.45) is 0 Å². The maximum Gasteiger partial charge on any atom is 0.338 e. The summed E-state index contributed by atoms with van der Waals surface area (Å²) in [7, 11) is 1.58. The summed E-state index contributed by atoms with van der Waals surface area (Å²) >= 11 is 1.60. The van der Waals surface area contributed by atoms with E-state index in [1.165, 1.54) is 0 Å². The average Bonchev–Trinajstić information content (AvgIpc) is 2.54. The van der Waals surface area contributed by atoms with E-state index in [1.54, 1.807) is 37.9 Å². The van der Waals surface area contributed by atoms with E-state index in [-0.39, 0.29) is 6.03 Å². The first-order valence-corrected chi connectivity index (χ1v) is 8.54. The van der Waals surface area contributed by atoms with Crippen molar-refractivity contribution in [3.63, 3.8) is 0 Å². The number of hydrogen-bond donors (Lipinski definition) is 2. The van der Waals surface area contributed by atoms with Crippen molar-refractivity contribution in [3.8, 4) is 5.75 Å². The Morgan fingerprint density at radius 2 is 2.00 bits per heavy atom. The van der Waals surface area contributed by atoms with Crippen molar-refractivity contribution >= 4 is 23.8 Å². The highest BCUT2D eigenvalue weighted by atomic mass is 32.2. The van der Waals surface area contributed by atoms with Gasteiger partial charge in [-0.25, -0.2) is 9.59 Å². The number of thioether (sulfide) groups is 1. The second kappa shape index (κ2) is 7.92. The lowest BCUT2D eigenvalue weighted by atomic mass is 9.95. The predicted molar refractivity (Wildman–Crippen MR) is 89.4 cm³/mol. The van der Waals surface area contributed by atoms with Gasteiger partial charge in [0.1, 0.15) is 12.4 Å². The van der Waals surface area contributed by atoms with Crippen LogP contribution in [0.25, 0.3) is 0 Å². The van der Waals surface area contributed by atoms with Crippen LogP contribution in [0.2, 0.25) is 0 Å². The molecule has 0 aromatic heterocycles. The molecule has 1 aromatic carbocycles. The molecule has 0 saturated carbocycles. The highest BCUT2D eigenvalue weighted by Crippen LogP contribution is 2.28. The van der Waals surface area contributed by atoms with Gasteiger partial charge in [0.2, 0.25) is 0 Å². The molecule has 0 bridgehead atoms. The Bertz CT molecular complexity index is 613. The van der Waals surface area contributed by atoms with Crippen molar-refractivity contribution < 1.29 is 19.1 Å². The van der Waals surface area contributed by atoms with Crippen LogP contribution in [0, 0.1) is 0 Å². The summed E-state index contributed by atoms with van der Waals surface area (Å²) in [6, 6.07) is 6.32. The van der Waals surface area contributed by atoms with Gasteiger partial charge in [-0.1, -0.05) is 12.1 Å². The van der Waals surface area contributed by atoms with Crippen molar-refractivity contribution in [3.05, 3.63) is 41.1 Å². The van der Waals surface area contributed by atoms with Gasteiger partial charge in [0.05, 0.1) is 18.7 Å². The number of urea groups is 1. The second-order valence-electron chi connectivity index (χ2n) is 4.97. The standard InChI is InChI=1S/C16H20N2O4S/c1-10-13(15(19)22-8-9-23-3)14(18-16(20)17-10)11-4-6-12(21-2)7-5-11/h4-7,14H,8-9H2,1-3H3,(H2,17,18,20). The number of allylic oxidation sites excluding steroid dienone is 1. The molecule has 2 rings (SSSR count). The molecule has 1 aromatic rings. The first-order chi connectivity index (χ1) is 11.1. The number of methoxy groups -OCH3 is 1. The number of nitrogens with one attached hydrogen (secondary N) is 2. The molecule has 1 heterocycles. The molecule has 0 radical (unpaired) electrons. The number of amides is 2. The van der Waals surface area contributed by atoms with E-state index in [2.05, 4.69) is 10.6 Å². The Morgan fingerprint density at radius 1 is 1.30 bits per heavy atom. The second-order valence-corrected chi connectivity index (χ2v) is 5.96. The molecule has 0 fully saturated rings. The van der Waals surface area contributed by atoms with E-state index >= 15 is 0 Å². The summed E-state index contributed by atoms with van der Waals surface area (Å²) in [6.45, 7) is 2.03. The van der Waals surface area contributed by atoms with Crippen molar-refractivity contribution in [2.75, 3.05) is 25.7 Å². The number of esters is 1. The summed E-state index contributed by atoms with van der Waals surface area (Å²) in [4.78, 5) is 24.2. The molecule has 2 amide bonds. The zero-order valence-corrected chi connectivity index (χ0v) is 14.2. The van der Waals surface area contributed by atoms with Crippen LogP contribution in [0.3, 0.4) is 0 Å². The molecule has 1 aliphatic rings. The van der Waals surface area contributed by atoms with Crippen LogP contribution in [0.5, 0.6) is 5.75 Å². The van der Waals surface area contributed by atoms with Crippen LogP contribution in [0.1, 0.15) is 18.5 Å². The van der Waals surface area contributed by atoms with E-state index in [4.69, 9.17) is 9.47 Å². The average molecular weight is 336 g/mol. The zero-order valence-electron chi connectivity index (χ0n) is 13.3. The number of carbonyl (C=O) groups excluding carboxylic acids is 2. The Labute approximate surface area is 139 Å². The van der Waals surface area contributed by atoms with Crippen molar-refractivity contribution in [1.29, 1.82) is 0 Å². The molecule has 6 nitrogen and oxygen atoms in total. The lowest BCUT2D eigenvalue weighted by Gasteiger charge is -2.28. The molecular weight excluding hydrogens is 316 g/mol. The SMILES string of the molecule is COc1ccc(C2NC(=O)NC(C)=C2C(=O)OCCSC)cc1. The van der Waals surface area contributed by atoms with Gasteiger partial charge in [-0.05, 0) is 30.9 Å². The Hall–Kier alpha value is -2.15. The largest absolute Gasteiger partial charge is 0.497 e. The summed E-state index contributed by atoms with van der Waals surface area (Å²) in [5.74, 6) is 1.01. The molecule has 23 heavy (non-hydrogen) atoms. The number of ether oxygens (including phenoxy) is 2. The van der Waals surface area contributed by atoms with Crippen LogP contribution in [-0.4, -0.2) is 37.7 Å². The third-order valence-electron chi connectivity index (χ3n) is 3.46. The lowest BCUT2D eigenvalue weighted by Crippen LogP contribution is -2.45. The molecule has 2 N–H and O–H groups in total. The molecular formula is C16H20N2O4S. The van der Waals surface area contributed by atoms with Gasteiger partial charge in [0.25, 0.3) is 0 Å². The summed E-state index contributed by atoms with van der Waals surface area (Å²) in [5.41, 5.74) is 1.71. The molecule has 0 aliphatic carbocycles. The van der Waals surface area contributed by atoms with Crippen molar-refractivity contribution in [1.82, 2.24) is 10.6 Å². The van der Waals surface area contributed by atoms with Crippen LogP contribution in [0.4, 0.5) is 4.79 Å². The summed E-state index contributed by atoms with van der Waals surface area (Å²) in [5, 5.41) is 5.39. The summed E-state index contributed by atoms with van der Waals surface area (Å²) < 4.78 is 10.4. The minimum absolute atomic E-state index is 0.333. The summed E-state index contributed by atoms with van der Waals surface area (Å²) in [6.07, 6.45) is 1.95. The van der Waals surface area contributed by atoms with Gasteiger partial charge in [-0.15, -0.1) is 0 Å². The highest BCUT2D eigenvalue weighted by Gasteiger charge is 2.32. The fourth-order valence-electron chi connectivity index (χ4n) is 2.31. The van der Waals surface area contributed by atoms with Gasteiger partial charge in [0.15, 0.2) is 0 Å². The number of benzene rings is 1. The Morgan fingerprint density at radius 3 is 2.61 bits per heavy atom. The van der Waals surface area contributed by atoms with Gasteiger partial charge < -0.3 is 20.1 Å². The fourth-order valence-corrected chi connectivity index (χ4v) is 2.56. The first-order valence-electron chi connectivity index (χ1n) is 7.15. The number of rotatable bonds is 6. The molecule has 124 valence electrons. The first kappa shape index (κ1) is 17.2. The number of carbonyl (C=O) groups is 2. The molecule has 1 unspecified atom stereocenters. The van der Waals surface area contributed by atoms with E-state index in [9.17, 15) is 9.59 Å². The highest BCUT2D eigenvalue weighted by molar-refractivity contribution is 7.98.